The number of anilines is 1. The normalized spacial score (nSPS) is 35.7. The van der Waals surface area contributed by atoms with Gasteiger partial charge in [-0.15, -0.1) is 0 Å². The molecule has 0 aliphatic carbocycles. The van der Waals surface area contributed by atoms with Crippen molar-refractivity contribution in [2.75, 3.05) is 11.5 Å². The summed E-state index contributed by atoms with van der Waals surface area (Å²) in [4.78, 5) is 26.7. The van der Waals surface area contributed by atoms with Gasteiger partial charge >= 0.3 is 0 Å². The van der Waals surface area contributed by atoms with E-state index in [1.165, 1.54) is 0 Å². The number of nitrogens with one attached hydrogen (secondary N) is 1. The van der Waals surface area contributed by atoms with Gasteiger partial charge in [0.15, 0.2) is 0 Å². The smallest absolute Gasteiger partial charge is 0.281 e. The molecule has 4 fully saturated rings. The third-order valence-corrected chi connectivity index (χ3v) is 4.60. The molecule has 20 heavy (non-hydrogen) atoms. The summed E-state index contributed by atoms with van der Waals surface area (Å²) >= 11 is 0. The molecule has 5 nitrogen and oxygen atoms in total. The van der Waals surface area contributed by atoms with E-state index in [0.717, 1.165) is 18.5 Å². The fourth-order valence-corrected chi connectivity index (χ4v) is 3.67. The maximum Gasteiger partial charge on any atom is 0.281 e. The van der Waals surface area contributed by atoms with Gasteiger partial charge in [-0.3, -0.25) is 14.5 Å². The number of ether oxygens (including phenoxy) is 1. The molecule has 2 amide bonds. The van der Waals surface area contributed by atoms with Crippen molar-refractivity contribution < 1.29 is 14.3 Å². The minimum absolute atomic E-state index is 0.103. The first kappa shape index (κ1) is 11.9. The molecule has 1 aromatic rings. The average Bonchev–Trinajstić information content (AvgIpc) is 2.48. The third-order valence-electron chi connectivity index (χ3n) is 4.60. The molecule has 1 spiro atoms. The molecular formula is C15H16N2O3. The van der Waals surface area contributed by atoms with Crippen molar-refractivity contribution in [3.63, 3.8) is 0 Å². The van der Waals surface area contributed by atoms with Gasteiger partial charge in [-0.2, -0.15) is 0 Å². The first-order valence-electron chi connectivity index (χ1n) is 7.07. The van der Waals surface area contributed by atoms with Crippen molar-refractivity contribution in [3.05, 3.63) is 30.3 Å². The summed E-state index contributed by atoms with van der Waals surface area (Å²) in [5, 5.41) is 2.83. The predicted molar refractivity (Wildman–Crippen MR) is 71.9 cm³/mol. The summed E-state index contributed by atoms with van der Waals surface area (Å²) < 4.78 is 5.77. The second-order valence-electron chi connectivity index (χ2n) is 5.67. The fourth-order valence-electron chi connectivity index (χ4n) is 3.67. The van der Waals surface area contributed by atoms with Gasteiger partial charge in [0.25, 0.3) is 5.91 Å². The highest BCUT2D eigenvalue weighted by molar-refractivity contribution is 6.11. The van der Waals surface area contributed by atoms with E-state index in [2.05, 4.69) is 5.32 Å². The second-order valence-corrected chi connectivity index (χ2v) is 5.67. The molecule has 5 heteroatoms. The van der Waals surface area contributed by atoms with Crippen LogP contribution in [0.5, 0.6) is 0 Å². The molecule has 2 bridgehead atoms. The summed E-state index contributed by atoms with van der Waals surface area (Å²) in [6.07, 6.45) is 2.57. The molecule has 4 saturated heterocycles. The lowest BCUT2D eigenvalue weighted by molar-refractivity contribution is -0.193. The molecule has 0 radical (unpaired) electrons. The van der Waals surface area contributed by atoms with Crippen LogP contribution >= 0.6 is 0 Å². The van der Waals surface area contributed by atoms with Crippen LogP contribution in [0.1, 0.15) is 19.3 Å². The Morgan fingerprint density at radius 2 is 2.05 bits per heavy atom. The topological polar surface area (TPSA) is 58.6 Å². The zero-order chi connectivity index (χ0) is 13.7. The van der Waals surface area contributed by atoms with Crippen molar-refractivity contribution in [2.45, 2.75) is 31.0 Å². The third kappa shape index (κ3) is 1.41. The van der Waals surface area contributed by atoms with Crippen molar-refractivity contribution in [1.29, 1.82) is 0 Å². The average molecular weight is 272 g/mol. The number of para-hydroxylation sites is 1. The zero-order valence-corrected chi connectivity index (χ0v) is 11.0. The van der Waals surface area contributed by atoms with Crippen molar-refractivity contribution >= 4 is 17.5 Å². The van der Waals surface area contributed by atoms with Gasteiger partial charge in [0.2, 0.25) is 11.6 Å². The van der Waals surface area contributed by atoms with Crippen LogP contribution in [0.4, 0.5) is 5.69 Å². The number of rotatable bonds is 1. The van der Waals surface area contributed by atoms with Gasteiger partial charge < -0.3 is 10.1 Å². The quantitative estimate of drug-likeness (QED) is 0.831. The minimum atomic E-state index is -1.13. The van der Waals surface area contributed by atoms with E-state index in [1.807, 2.05) is 30.3 Å². The van der Waals surface area contributed by atoms with Crippen LogP contribution < -0.4 is 10.2 Å². The summed E-state index contributed by atoms with van der Waals surface area (Å²) in [5.74, 6) is -0.123. The molecule has 1 N–H and O–H groups in total. The monoisotopic (exact) mass is 272 g/mol. The Hall–Kier alpha value is -1.88. The lowest BCUT2D eigenvalue weighted by Gasteiger charge is -2.56. The van der Waals surface area contributed by atoms with Crippen molar-refractivity contribution in [1.82, 2.24) is 5.32 Å². The van der Waals surface area contributed by atoms with Gasteiger partial charge in [0, 0.05) is 11.6 Å². The summed E-state index contributed by atoms with van der Waals surface area (Å²) in [7, 11) is 0. The summed E-state index contributed by atoms with van der Waals surface area (Å²) in [6.45, 7) is 0.524. The predicted octanol–water partition coefficient (Wildman–Crippen LogP) is 1.04. The van der Waals surface area contributed by atoms with Crippen LogP contribution in [0, 0.1) is 5.92 Å². The summed E-state index contributed by atoms with van der Waals surface area (Å²) in [5.41, 5.74) is -0.357. The molecule has 0 aromatic heterocycles. The molecule has 4 aliphatic heterocycles. The van der Waals surface area contributed by atoms with E-state index in [-0.39, 0.29) is 17.7 Å². The Kier molecular flexibility index (Phi) is 2.41. The Morgan fingerprint density at radius 1 is 1.25 bits per heavy atom. The van der Waals surface area contributed by atoms with Gasteiger partial charge in [-0.1, -0.05) is 18.2 Å². The van der Waals surface area contributed by atoms with Crippen molar-refractivity contribution in [2.24, 2.45) is 5.92 Å². The molecular weight excluding hydrogens is 256 g/mol. The number of benzene rings is 1. The number of hydrogen-bond donors (Lipinski definition) is 1. The van der Waals surface area contributed by atoms with Crippen LogP contribution in [0.25, 0.3) is 0 Å². The second kappa shape index (κ2) is 4.06. The molecule has 4 heterocycles. The number of piperidine rings is 2. The van der Waals surface area contributed by atoms with Crippen LogP contribution in [0.2, 0.25) is 0 Å². The fraction of sp³-hybridized carbons (Fsp3) is 0.467. The highest BCUT2D eigenvalue weighted by Gasteiger charge is 2.63. The number of carbonyl (C=O) groups excluding carboxylic acids is 2. The van der Waals surface area contributed by atoms with Crippen LogP contribution in [-0.4, -0.2) is 30.2 Å². The number of hydrogen-bond acceptors (Lipinski definition) is 3. The van der Waals surface area contributed by atoms with E-state index in [1.54, 1.807) is 4.90 Å². The Bertz CT molecular complexity index is 574. The molecule has 3 atom stereocenters. The van der Waals surface area contributed by atoms with Crippen LogP contribution in [0.3, 0.4) is 0 Å². The number of fused-ring (bicyclic) bond motifs is 2. The van der Waals surface area contributed by atoms with Crippen molar-refractivity contribution in [3.8, 4) is 0 Å². The molecule has 1 aromatic carbocycles. The first-order valence-corrected chi connectivity index (χ1v) is 7.07. The van der Waals surface area contributed by atoms with E-state index < -0.39 is 11.8 Å². The molecule has 5 rings (SSSR count). The first-order chi connectivity index (χ1) is 9.72. The number of piperazine rings is 1. The SMILES string of the molecule is O=C1N[C@]23OCCC[C@H]2C[C@H]1N(c1ccccc1)C3=O. The lowest BCUT2D eigenvalue weighted by atomic mass is 9.74. The molecule has 0 unspecified atom stereocenters. The standard InChI is InChI=1S/C15H16N2O3/c18-13-12-9-10-5-4-8-20-15(10,16-13)14(19)17(12)11-6-2-1-3-7-11/h1-3,6-7,10,12H,4-5,8-9H2,(H,16,18)/t10-,12+,15-/m0/s1. The number of amides is 2. The van der Waals surface area contributed by atoms with Crippen LogP contribution in [-0.2, 0) is 14.3 Å². The molecule has 4 aliphatic rings. The van der Waals surface area contributed by atoms with Gasteiger partial charge in [-0.25, -0.2) is 0 Å². The maximum absolute atomic E-state index is 12.9. The van der Waals surface area contributed by atoms with Gasteiger partial charge in [0.1, 0.15) is 6.04 Å². The largest absolute Gasteiger partial charge is 0.347 e. The molecule has 104 valence electrons. The highest BCUT2D eigenvalue weighted by atomic mass is 16.5. The number of carbonyl (C=O) groups is 2. The van der Waals surface area contributed by atoms with E-state index in [4.69, 9.17) is 4.74 Å². The van der Waals surface area contributed by atoms with E-state index in [0.29, 0.717) is 13.0 Å². The maximum atomic E-state index is 12.9. The van der Waals surface area contributed by atoms with Crippen LogP contribution in [0.15, 0.2) is 30.3 Å². The minimum Gasteiger partial charge on any atom is -0.347 e. The zero-order valence-electron chi connectivity index (χ0n) is 11.0. The highest BCUT2D eigenvalue weighted by Crippen LogP contribution is 2.44. The van der Waals surface area contributed by atoms with Gasteiger partial charge in [-0.05, 0) is 31.4 Å². The molecule has 0 saturated carbocycles. The number of nitrogens with zero attached hydrogens (tertiary/aromatic N) is 1. The lowest BCUT2D eigenvalue weighted by Crippen LogP contribution is -2.79. The van der Waals surface area contributed by atoms with E-state index >= 15 is 0 Å². The Balaban J connectivity index is 1.80. The summed E-state index contributed by atoms with van der Waals surface area (Å²) in [6, 6.07) is 8.97. The van der Waals surface area contributed by atoms with E-state index in [9.17, 15) is 9.59 Å². The Labute approximate surface area is 116 Å². The van der Waals surface area contributed by atoms with Gasteiger partial charge in [0.05, 0.1) is 6.61 Å². The Morgan fingerprint density at radius 3 is 2.85 bits per heavy atom.